The van der Waals surface area contributed by atoms with Crippen molar-refractivity contribution in [2.24, 2.45) is 0 Å². The summed E-state index contributed by atoms with van der Waals surface area (Å²) in [6.45, 7) is 8.05. The minimum absolute atomic E-state index is 0.00951. The summed E-state index contributed by atoms with van der Waals surface area (Å²) in [7, 11) is 0. The van der Waals surface area contributed by atoms with E-state index in [4.69, 9.17) is 9.47 Å². The zero-order valence-electron chi connectivity index (χ0n) is 13.4. The molecule has 128 valence electrons. The highest BCUT2D eigenvalue weighted by atomic mass is 16.6. The average Bonchev–Trinajstić information content (AvgIpc) is 2.88. The van der Waals surface area contributed by atoms with Crippen molar-refractivity contribution in [1.82, 2.24) is 10.2 Å². The second-order valence-corrected chi connectivity index (χ2v) is 5.15. The van der Waals surface area contributed by atoms with E-state index in [1.54, 1.807) is 6.92 Å². The van der Waals surface area contributed by atoms with E-state index in [1.165, 1.54) is 11.8 Å². The molecule has 23 heavy (non-hydrogen) atoms. The molecule has 0 aromatic heterocycles. The van der Waals surface area contributed by atoms with Crippen molar-refractivity contribution in [3.63, 3.8) is 0 Å². The summed E-state index contributed by atoms with van der Waals surface area (Å²) >= 11 is 0. The van der Waals surface area contributed by atoms with Gasteiger partial charge in [0.05, 0.1) is 12.1 Å². The molecule has 0 aliphatic carbocycles. The number of amides is 2. The number of rotatable bonds is 9. The first-order chi connectivity index (χ1) is 10.8. The number of ether oxygens (including phenoxy) is 2. The van der Waals surface area contributed by atoms with Crippen LogP contribution in [0.5, 0.6) is 0 Å². The van der Waals surface area contributed by atoms with Crippen molar-refractivity contribution < 1.29 is 28.7 Å². The number of nitrogens with zero attached hydrogens (tertiary/aromatic N) is 1. The third-order valence-electron chi connectivity index (χ3n) is 3.23. The fourth-order valence-electron chi connectivity index (χ4n) is 2.00. The van der Waals surface area contributed by atoms with Crippen LogP contribution in [0.1, 0.15) is 26.7 Å². The summed E-state index contributed by atoms with van der Waals surface area (Å²) in [6.07, 6.45) is -0.834. The van der Waals surface area contributed by atoms with Crippen LogP contribution in [0.3, 0.4) is 0 Å². The summed E-state index contributed by atoms with van der Waals surface area (Å²) in [6, 6.07) is -0.190. The molecule has 1 rings (SSSR count). The Balaban J connectivity index is 2.40. The van der Waals surface area contributed by atoms with Crippen LogP contribution < -0.4 is 5.32 Å². The van der Waals surface area contributed by atoms with Crippen molar-refractivity contribution in [2.75, 3.05) is 26.2 Å². The lowest BCUT2D eigenvalue weighted by Crippen LogP contribution is -2.32. The number of nitrogens with one attached hydrogen (secondary N) is 1. The van der Waals surface area contributed by atoms with Gasteiger partial charge in [-0.2, -0.15) is 0 Å². The van der Waals surface area contributed by atoms with Gasteiger partial charge in [0.1, 0.15) is 24.9 Å². The topological polar surface area (TPSA) is 102 Å². The first kappa shape index (κ1) is 18.7. The minimum Gasteiger partial charge on any atom is -0.460 e. The van der Waals surface area contributed by atoms with Gasteiger partial charge in [0.25, 0.3) is 0 Å². The molecule has 0 radical (unpaired) electrons. The fraction of sp³-hybridized carbons (Fsp3) is 0.600. The lowest BCUT2D eigenvalue weighted by Gasteiger charge is -2.18. The number of esters is 2. The summed E-state index contributed by atoms with van der Waals surface area (Å²) in [5, 5.41) is 2.64. The summed E-state index contributed by atoms with van der Waals surface area (Å²) < 4.78 is 10.1. The van der Waals surface area contributed by atoms with Crippen molar-refractivity contribution in [1.29, 1.82) is 0 Å². The van der Waals surface area contributed by atoms with Crippen molar-refractivity contribution in [2.45, 2.75) is 32.8 Å². The van der Waals surface area contributed by atoms with Gasteiger partial charge in [0.2, 0.25) is 0 Å². The molecule has 1 unspecified atom stereocenters. The molecule has 1 fully saturated rings. The highest BCUT2D eigenvalue weighted by Gasteiger charge is 2.24. The molecule has 0 bridgehead atoms. The molecule has 0 spiro atoms. The van der Waals surface area contributed by atoms with E-state index < -0.39 is 18.0 Å². The normalized spacial score (nSPS) is 14.9. The summed E-state index contributed by atoms with van der Waals surface area (Å²) in [4.78, 5) is 47.1. The molecule has 8 heteroatoms. The molecule has 8 nitrogen and oxygen atoms in total. The Morgan fingerprint density at radius 1 is 1.39 bits per heavy atom. The fourth-order valence-corrected chi connectivity index (χ4v) is 2.00. The predicted molar refractivity (Wildman–Crippen MR) is 80.5 cm³/mol. The number of hydrogen-bond acceptors (Lipinski definition) is 6. The van der Waals surface area contributed by atoms with E-state index in [0.29, 0.717) is 19.5 Å². The smallest absolute Gasteiger partial charge is 0.337 e. The molecule has 1 aliphatic heterocycles. The number of urea groups is 1. The van der Waals surface area contributed by atoms with Gasteiger partial charge < -0.3 is 19.7 Å². The maximum Gasteiger partial charge on any atom is 0.337 e. The van der Waals surface area contributed by atoms with E-state index >= 15 is 0 Å². The Hall–Kier alpha value is -2.38. The van der Waals surface area contributed by atoms with E-state index in [-0.39, 0.29) is 37.0 Å². The van der Waals surface area contributed by atoms with Crippen LogP contribution >= 0.6 is 0 Å². The molecular weight excluding hydrogens is 304 g/mol. The zero-order valence-corrected chi connectivity index (χ0v) is 13.4. The second kappa shape index (κ2) is 8.92. The molecule has 1 saturated heterocycles. The molecule has 2 amide bonds. The molecule has 0 aromatic rings. The zero-order chi connectivity index (χ0) is 17.4. The van der Waals surface area contributed by atoms with E-state index in [1.807, 2.05) is 0 Å². The van der Waals surface area contributed by atoms with Crippen LogP contribution in [-0.2, 0) is 23.9 Å². The Morgan fingerprint density at radius 2 is 2.09 bits per heavy atom. The highest BCUT2D eigenvalue weighted by Crippen LogP contribution is 2.12. The molecule has 0 aromatic carbocycles. The third kappa shape index (κ3) is 6.09. The lowest BCUT2D eigenvalue weighted by atomic mass is 10.1. The Kier molecular flexibility index (Phi) is 7.24. The summed E-state index contributed by atoms with van der Waals surface area (Å²) in [5.41, 5.74) is 0.00951. The van der Waals surface area contributed by atoms with Gasteiger partial charge in [0.15, 0.2) is 0 Å². The quantitative estimate of drug-likeness (QED) is 0.374. The van der Waals surface area contributed by atoms with Crippen LogP contribution in [0.4, 0.5) is 4.79 Å². The maximum absolute atomic E-state index is 11.9. The molecule has 0 saturated carbocycles. The van der Waals surface area contributed by atoms with Crippen LogP contribution in [0, 0.1) is 0 Å². The van der Waals surface area contributed by atoms with Crippen LogP contribution in [-0.4, -0.2) is 61.0 Å². The van der Waals surface area contributed by atoms with E-state index in [9.17, 15) is 19.2 Å². The maximum atomic E-state index is 11.9. The van der Waals surface area contributed by atoms with Gasteiger partial charge in [-0.1, -0.05) is 13.5 Å². The van der Waals surface area contributed by atoms with E-state index in [2.05, 4.69) is 11.9 Å². The molecule has 1 N–H and O–H groups in total. The van der Waals surface area contributed by atoms with Crippen molar-refractivity contribution in [3.05, 3.63) is 12.2 Å². The first-order valence-electron chi connectivity index (χ1n) is 7.42. The number of hydrogen-bond donors (Lipinski definition) is 1. The average molecular weight is 326 g/mol. The standard InChI is InChI=1S/C15H22N2O6/c1-4-12(23-13(19)9-10(2)18)11(3)14(20)22-8-7-17-6-5-16-15(17)21/h12H,3-9H2,1-2H3,(H,16,21). The highest BCUT2D eigenvalue weighted by molar-refractivity contribution is 5.95. The monoisotopic (exact) mass is 326 g/mol. The number of ketones is 1. The van der Waals surface area contributed by atoms with Gasteiger partial charge >= 0.3 is 18.0 Å². The van der Waals surface area contributed by atoms with Crippen LogP contribution in [0.2, 0.25) is 0 Å². The molecular formula is C15H22N2O6. The van der Waals surface area contributed by atoms with Gasteiger partial charge in [-0.05, 0) is 13.3 Å². The molecule has 1 aliphatic rings. The number of carbonyl (C=O) groups is 4. The molecule has 1 atom stereocenters. The largest absolute Gasteiger partial charge is 0.460 e. The SMILES string of the molecule is C=C(C(=O)OCCN1CCNC1=O)C(CC)OC(=O)CC(C)=O. The Morgan fingerprint density at radius 3 is 2.61 bits per heavy atom. The van der Waals surface area contributed by atoms with Crippen LogP contribution in [0.15, 0.2) is 12.2 Å². The van der Waals surface area contributed by atoms with Crippen molar-refractivity contribution >= 4 is 23.8 Å². The van der Waals surface area contributed by atoms with Gasteiger partial charge in [-0.15, -0.1) is 0 Å². The number of carbonyl (C=O) groups excluding carboxylic acids is 4. The minimum atomic E-state index is -0.829. The van der Waals surface area contributed by atoms with Gasteiger partial charge in [-0.3, -0.25) is 9.59 Å². The van der Waals surface area contributed by atoms with E-state index in [0.717, 1.165) is 0 Å². The second-order valence-electron chi connectivity index (χ2n) is 5.15. The number of Topliss-reactive ketones (excluding diaryl/α,β-unsaturated/α-hetero) is 1. The van der Waals surface area contributed by atoms with Gasteiger partial charge in [-0.25, -0.2) is 9.59 Å². The summed E-state index contributed by atoms with van der Waals surface area (Å²) in [5.74, 6) is -1.71. The third-order valence-corrected chi connectivity index (χ3v) is 3.23. The first-order valence-corrected chi connectivity index (χ1v) is 7.42. The molecule has 1 heterocycles. The Labute approximate surface area is 134 Å². The lowest BCUT2D eigenvalue weighted by molar-refractivity contribution is -0.151. The van der Waals surface area contributed by atoms with Gasteiger partial charge in [0, 0.05) is 13.1 Å². The Bertz CT molecular complexity index is 502. The van der Waals surface area contributed by atoms with Crippen LogP contribution in [0.25, 0.3) is 0 Å². The predicted octanol–water partition coefficient (Wildman–Crippen LogP) is 0.412. The van der Waals surface area contributed by atoms with Crippen molar-refractivity contribution in [3.8, 4) is 0 Å².